The first-order chi connectivity index (χ1) is 6.52. The summed E-state index contributed by atoms with van der Waals surface area (Å²) < 4.78 is 19.7. The molecule has 0 unspecified atom stereocenters. The van der Waals surface area contributed by atoms with E-state index in [2.05, 4.69) is 0 Å². The van der Waals surface area contributed by atoms with E-state index < -0.39 is 28.9 Å². The van der Waals surface area contributed by atoms with E-state index in [0.29, 0.717) is 0 Å². The fourth-order valence-electron chi connectivity index (χ4n) is 1.57. The van der Waals surface area contributed by atoms with Crippen molar-refractivity contribution in [2.75, 3.05) is 0 Å². The van der Waals surface area contributed by atoms with Crippen LogP contribution in [0.4, 0.5) is 0 Å². The molecule has 0 saturated heterocycles. The van der Waals surface area contributed by atoms with Crippen LogP contribution in [0.3, 0.4) is 0 Å². The molecular weight excluding hydrogens is 341 g/mol. The topological polar surface area (TPSA) is 26.3 Å². The van der Waals surface area contributed by atoms with Gasteiger partial charge in [0.05, 0.1) is 0 Å². The predicted octanol–water partition coefficient (Wildman–Crippen LogP) is 2.55. The Morgan fingerprint density at radius 1 is 1.58 bits per heavy atom. The maximum atomic E-state index is 10.6. The van der Waals surface area contributed by atoms with Gasteiger partial charge < -0.3 is 0 Å². The molecule has 3 heteroatoms. The monoisotopic (exact) mass is 360 g/mol. The quantitative estimate of drug-likeness (QED) is 0.725. The minimum atomic E-state index is -2.14. The van der Waals surface area contributed by atoms with Gasteiger partial charge in [0.25, 0.3) is 0 Å². The first kappa shape index (κ1) is 7.78. The number of hydrogen-bond donors (Lipinski definition) is 0. The molecule has 0 amide bonds. The van der Waals surface area contributed by atoms with Crippen molar-refractivity contribution in [3.05, 3.63) is 0 Å². The molecule has 1 aliphatic rings. The number of rotatable bonds is 3. The third kappa shape index (κ3) is 4.44. The third-order valence-electron chi connectivity index (χ3n) is 2.25. The number of hydrogen-bond acceptors (Lipinski definition) is 2. The van der Waals surface area contributed by atoms with Gasteiger partial charge in [-0.1, -0.05) is 0 Å². The summed E-state index contributed by atoms with van der Waals surface area (Å²) in [5, 5.41) is 0. The van der Waals surface area contributed by atoms with E-state index in [1.54, 1.807) is 0 Å². The summed E-state index contributed by atoms with van der Waals surface area (Å²) in [5.41, 5.74) is 0. The summed E-state index contributed by atoms with van der Waals surface area (Å²) in [6, 6.07) is 0. The van der Waals surface area contributed by atoms with Gasteiger partial charge in [0.15, 0.2) is 0 Å². The normalized spacial score (nSPS) is 22.1. The molecule has 0 aromatic rings. The summed E-state index contributed by atoms with van der Waals surface area (Å²) >= 11 is -2.14. The van der Waals surface area contributed by atoms with Crippen LogP contribution in [0.15, 0.2) is 0 Å². The van der Waals surface area contributed by atoms with E-state index in [4.69, 9.17) is 5.39 Å². The second-order valence-corrected chi connectivity index (χ2v) is 7.15. The molecule has 0 N–H and O–H groups in total. The van der Waals surface area contributed by atoms with E-state index in [0.717, 1.165) is 25.7 Å². The molecule has 12 heavy (non-hydrogen) atoms. The third-order valence-corrected chi connectivity index (χ3v) is 7.29. The van der Waals surface area contributed by atoms with Crippen LogP contribution in [0.5, 0.6) is 0 Å². The van der Waals surface area contributed by atoms with Crippen molar-refractivity contribution in [1.29, 1.82) is 0 Å². The second-order valence-electron chi connectivity index (χ2n) is 3.32. The van der Waals surface area contributed by atoms with Crippen LogP contribution in [0, 0.1) is 5.92 Å². The van der Waals surface area contributed by atoms with Gasteiger partial charge >= 0.3 is 90.0 Å². The van der Waals surface area contributed by atoms with Crippen molar-refractivity contribution in [1.82, 2.24) is 0 Å². The SMILES string of the molecule is [2H][C]([2H])([Hg][O]C(C)=O)C1CCCCC1. The molecule has 0 spiro atoms. The van der Waals surface area contributed by atoms with Gasteiger partial charge in [-0.15, -0.1) is 0 Å². The Hall–Kier alpha value is 0.405. The van der Waals surface area contributed by atoms with Crippen LogP contribution in [0.25, 0.3) is 0 Å². The van der Waals surface area contributed by atoms with Gasteiger partial charge in [-0.05, 0) is 0 Å². The van der Waals surface area contributed by atoms with Gasteiger partial charge in [-0.2, -0.15) is 0 Å². The average Bonchev–Trinajstić information content (AvgIpc) is 2.16. The fourth-order valence-corrected chi connectivity index (χ4v) is 5.19. The predicted molar refractivity (Wildman–Crippen MR) is 43.1 cm³/mol. The van der Waals surface area contributed by atoms with Crippen molar-refractivity contribution in [2.45, 2.75) is 42.9 Å². The summed E-state index contributed by atoms with van der Waals surface area (Å²) in [6.45, 7) is 1.37. The summed E-state index contributed by atoms with van der Waals surface area (Å²) in [7, 11) is 0. The van der Waals surface area contributed by atoms with E-state index in [9.17, 15) is 4.79 Å². The van der Waals surface area contributed by atoms with Crippen LogP contribution in [-0.4, -0.2) is 5.97 Å². The van der Waals surface area contributed by atoms with Crippen molar-refractivity contribution in [3.8, 4) is 0 Å². The van der Waals surface area contributed by atoms with Crippen LogP contribution in [0.1, 0.15) is 41.8 Å². The zero-order valence-corrected chi connectivity index (χ0v) is 13.1. The Bertz CT molecular complexity index is 203. The average molecular weight is 359 g/mol. The molecule has 1 aliphatic carbocycles. The van der Waals surface area contributed by atoms with Gasteiger partial charge in [0, 0.05) is 0 Å². The number of carbonyl (C=O) groups excluding carboxylic acids is 1. The van der Waals surface area contributed by atoms with Gasteiger partial charge in [0.2, 0.25) is 0 Å². The Kier molecular flexibility index (Phi) is 3.86. The first-order valence-corrected chi connectivity index (χ1v) is 9.65. The van der Waals surface area contributed by atoms with Crippen molar-refractivity contribution in [3.63, 3.8) is 0 Å². The summed E-state index contributed by atoms with van der Waals surface area (Å²) in [6.07, 6.45) is 5.47. The van der Waals surface area contributed by atoms with Crippen LogP contribution in [0.2, 0.25) is 3.88 Å². The standard InChI is InChI=1S/C7H13.C2H4O2.Hg/c1-7-5-3-2-4-6-7;1-2(3)4;/h7H,1-6H2;1H3,(H,3,4);/q;;+1/p-1/i1D2;;. The molecule has 0 bridgehead atoms. The molecule has 0 heterocycles. The van der Waals surface area contributed by atoms with Crippen molar-refractivity contribution in [2.24, 2.45) is 5.92 Å². The molecule has 0 radical (unpaired) electrons. The zero-order chi connectivity index (χ0) is 10.6. The Labute approximate surface area is 90.0 Å². The maximum absolute atomic E-state index is 10.6. The fraction of sp³-hybridized carbons (Fsp3) is 0.889. The van der Waals surface area contributed by atoms with E-state index in [-0.39, 0.29) is 11.9 Å². The number of carbonyl (C=O) groups is 1. The zero-order valence-electron chi connectivity index (χ0n) is 9.64. The summed E-state index contributed by atoms with van der Waals surface area (Å²) in [5.74, 6) is -0.136. The molecule has 1 saturated carbocycles. The van der Waals surface area contributed by atoms with Gasteiger partial charge in [-0.3, -0.25) is 0 Å². The van der Waals surface area contributed by atoms with Crippen molar-refractivity contribution < 1.29 is 35.2 Å². The molecule has 66 valence electrons. The molecule has 1 rings (SSSR count). The second kappa shape index (κ2) is 5.95. The van der Waals surface area contributed by atoms with Crippen molar-refractivity contribution >= 4 is 5.97 Å². The Morgan fingerprint density at radius 3 is 2.83 bits per heavy atom. The molecule has 0 aromatic heterocycles. The van der Waals surface area contributed by atoms with Crippen LogP contribution < -0.4 is 0 Å². The summed E-state index contributed by atoms with van der Waals surface area (Å²) in [4.78, 5) is 10.6. The van der Waals surface area contributed by atoms with E-state index >= 15 is 0 Å². The Balaban J connectivity index is 2.41. The first-order valence-electron chi connectivity index (χ1n) is 5.66. The molecule has 1 fully saturated rings. The van der Waals surface area contributed by atoms with Gasteiger partial charge in [0.1, 0.15) is 0 Å². The van der Waals surface area contributed by atoms with Crippen LogP contribution >= 0.6 is 0 Å². The van der Waals surface area contributed by atoms with E-state index in [1.165, 1.54) is 13.3 Å². The minimum absolute atomic E-state index is 0.164. The van der Waals surface area contributed by atoms with E-state index in [1.807, 2.05) is 0 Å². The molecule has 0 aliphatic heterocycles. The molecule has 0 aromatic carbocycles. The molecular formula is C9H16HgO2. The van der Waals surface area contributed by atoms with Crippen LogP contribution in [-0.2, 0) is 32.5 Å². The molecule has 2 nitrogen and oxygen atoms in total. The van der Waals surface area contributed by atoms with Gasteiger partial charge in [-0.25, -0.2) is 0 Å². The molecule has 0 atom stereocenters. The Morgan fingerprint density at radius 2 is 2.25 bits per heavy atom.